The van der Waals surface area contributed by atoms with E-state index in [0.29, 0.717) is 5.92 Å². The predicted octanol–water partition coefficient (Wildman–Crippen LogP) is 3.80. The minimum Gasteiger partial charge on any atom is -0.207 e. The molecule has 1 aromatic carbocycles. The highest BCUT2D eigenvalue weighted by Gasteiger charge is 2.04. The van der Waals surface area contributed by atoms with Gasteiger partial charge in [0.25, 0.3) is 0 Å². The zero-order valence-corrected chi connectivity index (χ0v) is 8.39. The monoisotopic (exact) mass is 180 g/mol. The van der Waals surface area contributed by atoms with Gasteiger partial charge in [-0.3, -0.25) is 0 Å². The number of halogens is 1. The van der Waals surface area contributed by atoms with Gasteiger partial charge in [0, 0.05) is 0 Å². The molecule has 0 radical (unpaired) electrons. The van der Waals surface area contributed by atoms with E-state index in [0.717, 1.165) is 12.0 Å². The number of rotatable bonds is 4. The Morgan fingerprint density at radius 2 is 1.92 bits per heavy atom. The van der Waals surface area contributed by atoms with Crippen LogP contribution in [0, 0.1) is 11.7 Å². The highest BCUT2D eigenvalue weighted by Crippen LogP contribution is 2.15. The van der Waals surface area contributed by atoms with Crippen molar-refractivity contribution in [2.24, 2.45) is 5.92 Å². The van der Waals surface area contributed by atoms with Crippen LogP contribution in [-0.4, -0.2) is 0 Å². The molecule has 0 N–H and O–H groups in total. The maximum atomic E-state index is 12.8. The molecule has 0 saturated heterocycles. The van der Waals surface area contributed by atoms with Crippen LogP contribution in [0.1, 0.15) is 32.3 Å². The van der Waals surface area contributed by atoms with Gasteiger partial charge in [-0.2, -0.15) is 0 Å². The van der Waals surface area contributed by atoms with E-state index in [4.69, 9.17) is 0 Å². The third kappa shape index (κ3) is 3.17. The van der Waals surface area contributed by atoms with Crippen LogP contribution >= 0.6 is 0 Å². The molecule has 0 bridgehead atoms. The summed E-state index contributed by atoms with van der Waals surface area (Å²) in [5, 5.41) is 0. The van der Waals surface area contributed by atoms with Gasteiger partial charge >= 0.3 is 0 Å². The fourth-order valence-corrected chi connectivity index (χ4v) is 1.57. The summed E-state index contributed by atoms with van der Waals surface area (Å²) in [5.41, 5.74) is 1.12. The molecule has 0 fully saturated rings. The van der Waals surface area contributed by atoms with Gasteiger partial charge < -0.3 is 0 Å². The van der Waals surface area contributed by atoms with Crippen molar-refractivity contribution in [3.8, 4) is 0 Å². The standard InChI is InChI=1S/C12H17F/c1-3-10(4-2)8-11-6-5-7-12(13)9-11/h5-7,9-10H,3-4,8H2,1-2H3. The SMILES string of the molecule is CCC(CC)Cc1cccc(F)c1. The average Bonchev–Trinajstić information content (AvgIpc) is 2.14. The average molecular weight is 180 g/mol. The molecule has 0 atom stereocenters. The van der Waals surface area contributed by atoms with Crippen molar-refractivity contribution in [2.75, 3.05) is 0 Å². The van der Waals surface area contributed by atoms with Crippen LogP contribution < -0.4 is 0 Å². The third-order valence-corrected chi connectivity index (χ3v) is 2.57. The molecule has 0 amide bonds. The lowest BCUT2D eigenvalue weighted by atomic mass is 9.95. The van der Waals surface area contributed by atoms with Crippen LogP contribution in [0.3, 0.4) is 0 Å². The second-order valence-corrected chi connectivity index (χ2v) is 3.52. The highest BCUT2D eigenvalue weighted by atomic mass is 19.1. The summed E-state index contributed by atoms with van der Waals surface area (Å²) in [6, 6.07) is 6.92. The Labute approximate surface area is 79.8 Å². The minimum atomic E-state index is -0.122. The summed E-state index contributed by atoms with van der Waals surface area (Å²) in [6.07, 6.45) is 3.35. The molecule has 13 heavy (non-hydrogen) atoms. The lowest BCUT2D eigenvalue weighted by Gasteiger charge is -2.11. The lowest BCUT2D eigenvalue weighted by Crippen LogP contribution is -2.01. The van der Waals surface area contributed by atoms with Crippen LogP contribution in [0.5, 0.6) is 0 Å². The first kappa shape index (κ1) is 10.2. The third-order valence-electron chi connectivity index (χ3n) is 2.57. The van der Waals surface area contributed by atoms with Crippen LogP contribution in [0.15, 0.2) is 24.3 Å². The molecule has 0 spiro atoms. The molecule has 1 aromatic rings. The Kier molecular flexibility index (Phi) is 3.94. The first-order chi connectivity index (χ1) is 6.26. The summed E-state index contributed by atoms with van der Waals surface area (Å²) in [6.45, 7) is 4.38. The molecular formula is C12H17F. The van der Waals surface area contributed by atoms with Crippen LogP contribution in [0.4, 0.5) is 4.39 Å². The fourth-order valence-electron chi connectivity index (χ4n) is 1.57. The Balaban J connectivity index is 2.62. The van der Waals surface area contributed by atoms with E-state index < -0.39 is 0 Å². The maximum Gasteiger partial charge on any atom is 0.123 e. The zero-order valence-electron chi connectivity index (χ0n) is 8.39. The molecule has 1 rings (SSSR count). The summed E-state index contributed by atoms with van der Waals surface area (Å²) in [5.74, 6) is 0.574. The maximum absolute atomic E-state index is 12.8. The van der Waals surface area contributed by atoms with E-state index in [2.05, 4.69) is 13.8 Å². The van der Waals surface area contributed by atoms with Gasteiger partial charge in [0.05, 0.1) is 0 Å². The largest absolute Gasteiger partial charge is 0.207 e. The first-order valence-corrected chi connectivity index (χ1v) is 5.00. The van der Waals surface area contributed by atoms with Crippen molar-refractivity contribution < 1.29 is 4.39 Å². The summed E-state index contributed by atoms with van der Waals surface area (Å²) >= 11 is 0. The summed E-state index contributed by atoms with van der Waals surface area (Å²) < 4.78 is 12.8. The van der Waals surface area contributed by atoms with E-state index in [1.165, 1.54) is 18.9 Å². The molecule has 0 nitrogen and oxygen atoms in total. The second-order valence-electron chi connectivity index (χ2n) is 3.52. The Morgan fingerprint density at radius 3 is 2.46 bits per heavy atom. The smallest absolute Gasteiger partial charge is 0.123 e. The molecule has 0 unspecified atom stereocenters. The number of benzene rings is 1. The van der Waals surface area contributed by atoms with E-state index in [9.17, 15) is 4.39 Å². The Bertz CT molecular complexity index is 251. The molecule has 0 heterocycles. The number of hydrogen-bond donors (Lipinski definition) is 0. The predicted molar refractivity (Wildman–Crippen MR) is 54.2 cm³/mol. The fraction of sp³-hybridized carbons (Fsp3) is 0.500. The van der Waals surface area contributed by atoms with Gasteiger partial charge in [0.2, 0.25) is 0 Å². The van der Waals surface area contributed by atoms with Crippen LogP contribution in [0.2, 0.25) is 0 Å². The Morgan fingerprint density at radius 1 is 1.23 bits per heavy atom. The van der Waals surface area contributed by atoms with E-state index in [1.54, 1.807) is 12.1 Å². The normalized spacial score (nSPS) is 10.8. The molecule has 0 aliphatic rings. The zero-order chi connectivity index (χ0) is 9.68. The topological polar surface area (TPSA) is 0 Å². The van der Waals surface area contributed by atoms with Gasteiger partial charge in [0.15, 0.2) is 0 Å². The molecule has 0 aliphatic carbocycles. The van der Waals surface area contributed by atoms with E-state index in [-0.39, 0.29) is 5.82 Å². The van der Waals surface area contributed by atoms with Crippen molar-refractivity contribution in [3.05, 3.63) is 35.6 Å². The van der Waals surface area contributed by atoms with E-state index >= 15 is 0 Å². The second kappa shape index (κ2) is 5.00. The van der Waals surface area contributed by atoms with Crippen molar-refractivity contribution in [2.45, 2.75) is 33.1 Å². The lowest BCUT2D eigenvalue weighted by molar-refractivity contribution is 0.489. The first-order valence-electron chi connectivity index (χ1n) is 5.00. The molecule has 0 aromatic heterocycles. The Hall–Kier alpha value is -0.850. The van der Waals surface area contributed by atoms with Gasteiger partial charge in [0.1, 0.15) is 5.82 Å². The highest BCUT2D eigenvalue weighted by molar-refractivity contribution is 5.16. The van der Waals surface area contributed by atoms with Gasteiger partial charge in [-0.25, -0.2) is 4.39 Å². The van der Waals surface area contributed by atoms with Gasteiger partial charge in [-0.05, 0) is 30.0 Å². The molecule has 0 saturated carbocycles. The van der Waals surface area contributed by atoms with E-state index in [1.807, 2.05) is 6.07 Å². The molecule has 72 valence electrons. The van der Waals surface area contributed by atoms with Crippen molar-refractivity contribution >= 4 is 0 Å². The van der Waals surface area contributed by atoms with Crippen molar-refractivity contribution in [1.29, 1.82) is 0 Å². The van der Waals surface area contributed by atoms with Crippen LogP contribution in [0.25, 0.3) is 0 Å². The molecule has 0 aliphatic heterocycles. The molecular weight excluding hydrogens is 163 g/mol. The molecule has 1 heteroatoms. The summed E-state index contributed by atoms with van der Waals surface area (Å²) in [4.78, 5) is 0. The van der Waals surface area contributed by atoms with Crippen molar-refractivity contribution in [3.63, 3.8) is 0 Å². The van der Waals surface area contributed by atoms with Gasteiger partial charge in [-0.1, -0.05) is 38.8 Å². The van der Waals surface area contributed by atoms with Crippen molar-refractivity contribution in [1.82, 2.24) is 0 Å². The minimum absolute atomic E-state index is 0.122. The number of hydrogen-bond acceptors (Lipinski definition) is 0. The van der Waals surface area contributed by atoms with Gasteiger partial charge in [-0.15, -0.1) is 0 Å². The van der Waals surface area contributed by atoms with Crippen LogP contribution in [-0.2, 0) is 6.42 Å². The quantitative estimate of drug-likeness (QED) is 0.661. The summed E-state index contributed by atoms with van der Waals surface area (Å²) in [7, 11) is 0.